The van der Waals surface area contributed by atoms with E-state index in [1.807, 2.05) is 18.2 Å². The lowest BCUT2D eigenvalue weighted by atomic mass is 9.97. The van der Waals surface area contributed by atoms with Gasteiger partial charge < -0.3 is 4.74 Å². The van der Waals surface area contributed by atoms with Gasteiger partial charge in [0.25, 0.3) is 0 Å². The maximum absolute atomic E-state index is 12.4. The first-order valence-electron chi connectivity index (χ1n) is 10.4. The zero-order valence-corrected chi connectivity index (χ0v) is 17.2. The van der Waals surface area contributed by atoms with Crippen LogP contribution in [0.25, 0.3) is 33.0 Å². The van der Waals surface area contributed by atoms with E-state index in [0.717, 1.165) is 28.5 Å². The molecule has 0 saturated heterocycles. The van der Waals surface area contributed by atoms with Crippen LogP contribution in [0.5, 0.6) is 5.75 Å². The summed E-state index contributed by atoms with van der Waals surface area (Å²) < 4.78 is 41.3. The summed E-state index contributed by atoms with van der Waals surface area (Å²) in [4.78, 5) is 0. The number of alkyl halides is 3. The summed E-state index contributed by atoms with van der Waals surface area (Å²) in [5.74, 6) is -0.210. The summed E-state index contributed by atoms with van der Waals surface area (Å²) in [7, 11) is 0. The fourth-order valence-electron chi connectivity index (χ4n) is 3.70. The Morgan fingerprint density at radius 2 is 1.16 bits per heavy atom. The van der Waals surface area contributed by atoms with Crippen molar-refractivity contribution < 1.29 is 17.9 Å². The molecule has 4 aromatic rings. The molecule has 4 rings (SSSR count). The Labute approximate surface area is 180 Å². The lowest BCUT2D eigenvalue weighted by molar-refractivity contribution is -0.274. The summed E-state index contributed by atoms with van der Waals surface area (Å²) in [6.07, 6.45) is -1.18. The van der Waals surface area contributed by atoms with Crippen LogP contribution in [-0.4, -0.2) is 6.36 Å². The van der Waals surface area contributed by atoms with Crippen LogP contribution < -0.4 is 4.74 Å². The molecule has 0 heterocycles. The van der Waals surface area contributed by atoms with E-state index in [0.29, 0.717) is 5.39 Å². The van der Waals surface area contributed by atoms with Crippen molar-refractivity contribution in [2.24, 2.45) is 0 Å². The van der Waals surface area contributed by atoms with Gasteiger partial charge in [-0.1, -0.05) is 80.1 Å². The van der Waals surface area contributed by atoms with Gasteiger partial charge in [-0.2, -0.15) is 0 Å². The van der Waals surface area contributed by atoms with E-state index in [2.05, 4.69) is 60.2 Å². The molecule has 0 aromatic heterocycles. The summed E-state index contributed by atoms with van der Waals surface area (Å²) in [5, 5.41) is 1.56. The van der Waals surface area contributed by atoms with Gasteiger partial charge in [0.1, 0.15) is 5.75 Å². The first-order chi connectivity index (χ1) is 14.9. The predicted octanol–water partition coefficient (Wildman–Crippen LogP) is 8.42. The lowest BCUT2D eigenvalue weighted by Crippen LogP contribution is -2.16. The molecule has 0 amide bonds. The van der Waals surface area contributed by atoms with E-state index in [1.54, 1.807) is 6.07 Å². The summed E-state index contributed by atoms with van der Waals surface area (Å²) >= 11 is 0. The Balaban J connectivity index is 1.53. The van der Waals surface area contributed by atoms with E-state index < -0.39 is 6.36 Å². The smallest absolute Gasteiger partial charge is 0.406 e. The molecule has 0 fully saturated rings. The number of halogens is 3. The molecule has 158 valence electrons. The van der Waals surface area contributed by atoms with Crippen molar-refractivity contribution in [2.45, 2.75) is 32.5 Å². The van der Waals surface area contributed by atoms with Crippen LogP contribution in [0.2, 0.25) is 0 Å². The predicted molar refractivity (Wildman–Crippen MR) is 120 cm³/mol. The maximum Gasteiger partial charge on any atom is 0.573 e. The van der Waals surface area contributed by atoms with Crippen molar-refractivity contribution in [3.05, 3.63) is 90.5 Å². The second kappa shape index (κ2) is 8.84. The first kappa shape index (κ1) is 21.0. The molecule has 0 aliphatic carbocycles. The summed E-state index contributed by atoms with van der Waals surface area (Å²) in [5.41, 5.74) is 5.77. The highest BCUT2D eigenvalue weighted by molar-refractivity contribution is 5.88. The Bertz CT molecular complexity index is 1160. The fourth-order valence-corrected chi connectivity index (χ4v) is 3.70. The number of benzene rings is 4. The summed E-state index contributed by atoms with van der Waals surface area (Å²) in [6, 6.07) is 27.2. The Kier molecular flexibility index (Phi) is 5.99. The minimum absolute atomic E-state index is 0.210. The number of unbranched alkanes of at least 4 members (excludes halogenated alkanes) is 1. The highest BCUT2D eigenvalue weighted by Gasteiger charge is 2.31. The number of aryl methyl sites for hydroxylation is 1. The van der Waals surface area contributed by atoms with Gasteiger partial charge in [-0.05, 0) is 69.6 Å². The van der Waals surface area contributed by atoms with Crippen molar-refractivity contribution in [1.82, 2.24) is 0 Å². The van der Waals surface area contributed by atoms with Crippen LogP contribution in [0.15, 0.2) is 84.9 Å². The second-order valence-corrected chi connectivity index (χ2v) is 7.65. The molecule has 0 saturated carbocycles. The van der Waals surface area contributed by atoms with Gasteiger partial charge in [0.2, 0.25) is 0 Å². The largest absolute Gasteiger partial charge is 0.573 e. The number of hydrogen-bond donors (Lipinski definition) is 0. The molecule has 1 nitrogen and oxygen atoms in total. The van der Waals surface area contributed by atoms with Gasteiger partial charge in [-0.3, -0.25) is 0 Å². The van der Waals surface area contributed by atoms with Gasteiger partial charge in [0.15, 0.2) is 0 Å². The van der Waals surface area contributed by atoms with Crippen LogP contribution in [-0.2, 0) is 6.42 Å². The molecule has 0 radical (unpaired) electrons. The number of rotatable bonds is 6. The van der Waals surface area contributed by atoms with Crippen molar-refractivity contribution in [2.75, 3.05) is 0 Å². The standard InChI is InChI=1S/C27H23F3O/c1-2-3-4-19-5-7-20(8-6-19)21-9-11-22(12-10-21)23-13-14-25-18-26(31-27(28,29)30)16-15-24(25)17-23/h5-18H,2-4H2,1H3. The van der Waals surface area contributed by atoms with E-state index in [1.165, 1.54) is 36.1 Å². The molecule has 4 aromatic carbocycles. The van der Waals surface area contributed by atoms with Crippen molar-refractivity contribution in [1.29, 1.82) is 0 Å². The summed E-state index contributed by atoms with van der Waals surface area (Å²) in [6.45, 7) is 2.20. The minimum Gasteiger partial charge on any atom is -0.406 e. The first-order valence-corrected chi connectivity index (χ1v) is 10.4. The zero-order chi connectivity index (χ0) is 21.8. The van der Waals surface area contributed by atoms with Crippen molar-refractivity contribution in [3.63, 3.8) is 0 Å². The van der Waals surface area contributed by atoms with Crippen LogP contribution in [0.3, 0.4) is 0 Å². The normalized spacial score (nSPS) is 11.6. The molecule has 0 aliphatic heterocycles. The maximum atomic E-state index is 12.4. The Morgan fingerprint density at radius 1 is 0.645 bits per heavy atom. The highest BCUT2D eigenvalue weighted by Crippen LogP contribution is 2.31. The van der Waals surface area contributed by atoms with Crippen molar-refractivity contribution >= 4 is 10.8 Å². The number of hydrogen-bond acceptors (Lipinski definition) is 1. The molecular formula is C27H23F3O. The van der Waals surface area contributed by atoms with Gasteiger partial charge in [0, 0.05) is 0 Å². The molecule has 0 bridgehead atoms. The minimum atomic E-state index is -4.69. The Hall–Kier alpha value is -3.27. The molecule has 0 spiro atoms. The SMILES string of the molecule is CCCCc1ccc(-c2ccc(-c3ccc4cc(OC(F)(F)F)ccc4c3)cc2)cc1. The lowest BCUT2D eigenvalue weighted by Gasteiger charge is -2.10. The third-order valence-corrected chi connectivity index (χ3v) is 5.37. The van der Waals surface area contributed by atoms with Crippen LogP contribution >= 0.6 is 0 Å². The van der Waals surface area contributed by atoms with E-state index in [-0.39, 0.29) is 5.75 Å². The van der Waals surface area contributed by atoms with E-state index >= 15 is 0 Å². The third-order valence-electron chi connectivity index (χ3n) is 5.37. The monoisotopic (exact) mass is 420 g/mol. The molecule has 0 N–H and O–H groups in total. The molecule has 0 atom stereocenters. The second-order valence-electron chi connectivity index (χ2n) is 7.65. The number of ether oxygens (including phenoxy) is 1. The topological polar surface area (TPSA) is 9.23 Å². The average Bonchev–Trinajstić information content (AvgIpc) is 2.77. The zero-order valence-electron chi connectivity index (χ0n) is 17.2. The quantitative estimate of drug-likeness (QED) is 0.304. The molecule has 4 heteroatoms. The highest BCUT2D eigenvalue weighted by atomic mass is 19.4. The van der Waals surface area contributed by atoms with E-state index in [9.17, 15) is 13.2 Å². The fraction of sp³-hybridized carbons (Fsp3) is 0.185. The van der Waals surface area contributed by atoms with E-state index in [4.69, 9.17) is 0 Å². The van der Waals surface area contributed by atoms with Crippen LogP contribution in [0, 0.1) is 0 Å². The van der Waals surface area contributed by atoms with Gasteiger partial charge in [-0.25, -0.2) is 0 Å². The third kappa shape index (κ3) is 5.26. The molecule has 0 aliphatic rings. The molecule has 0 unspecified atom stereocenters. The van der Waals surface area contributed by atoms with Gasteiger partial charge in [-0.15, -0.1) is 13.2 Å². The average molecular weight is 420 g/mol. The van der Waals surface area contributed by atoms with Gasteiger partial charge in [0.05, 0.1) is 0 Å². The van der Waals surface area contributed by atoms with Crippen LogP contribution in [0.1, 0.15) is 25.3 Å². The molecular weight excluding hydrogens is 397 g/mol. The Morgan fingerprint density at radius 3 is 1.77 bits per heavy atom. The van der Waals surface area contributed by atoms with Gasteiger partial charge >= 0.3 is 6.36 Å². The van der Waals surface area contributed by atoms with Crippen molar-refractivity contribution in [3.8, 4) is 28.0 Å². The van der Waals surface area contributed by atoms with Crippen LogP contribution in [0.4, 0.5) is 13.2 Å². The molecule has 31 heavy (non-hydrogen) atoms. The number of fused-ring (bicyclic) bond motifs is 1.